The average molecular weight is 313 g/mol. The van der Waals surface area contributed by atoms with Gasteiger partial charge in [-0.2, -0.15) is 0 Å². The molecule has 1 aromatic heterocycles. The molecule has 0 aliphatic rings. The maximum atomic E-state index is 11.8. The van der Waals surface area contributed by atoms with Gasteiger partial charge in [0.05, 0.1) is 12.8 Å². The van der Waals surface area contributed by atoms with E-state index in [4.69, 9.17) is 4.74 Å². The Bertz CT molecular complexity index is 602. The van der Waals surface area contributed by atoms with Crippen LogP contribution in [-0.2, 0) is 17.8 Å². The molecule has 1 aromatic carbocycles. The highest BCUT2D eigenvalue weighted by Crippen LogP contribution is 2.17. The van der Waals surface area contributed by atoms with E-state index < -0.39 is 0 Å². The second-order valence-corrected chi connectivity index (χ2v) is 5.16. The number of nitrogens with zero attached hydrogens (tertiary/aromatic N) is 1. The molecule has 5 nitrogen and oxygen atoms in total. The van der Waals surface area contributed by atoms with Gasteiger partial charge in [0.2, 0.25) is 5.91 Å². The number of amides is 1. The lowest BCUT2D eigenvalue weighted by Gasteiger charge is -2.09. The van der Waals surface area contributed by atoms with Crippen LogP contribution in [0.3, 0.4) is 0 Å². The molecule has 2 N–H and O–H groups in total. The molecule has 2 rings (SSSR count). The maximum absolute atomic E-state index is 11.8. The van der Waals surface area contributed by atoms with Crippen LogP contribution in [0.4, 0.5) is 0 Å². The summed E-state index contributed by atoms with van der Waals surface area (Å²) in [5.41, 5.74) is 2.08. The molecule has 2 aromatic rings. The minimum absolute atomic E-state index is 0.0495. The second-order valence-electron chi connectivity index (χ2n) is 5.16. The molecular formula is C18H23N3O2. The Kier molecular flexibility index (Phi) is 7.07. The summed E-state index contributed by atoms with van der Waals surface area (Å²) >= 11 is 0. The number of aromatic nitrogens is 1. The summed E-state index contributed by atoms with van der Waals surface area (Å²) < 4.78 is 5.30. The average Bonchev–Trinajstić information content (AvgIpc) is 2.60. The van der Waals surface area contributed by atoms with Gasteiger partial charge >= 0.3 is 0 Å². The van der Waals surface area contributed by atoms with Crippen molar-refractivity contribution >= 4 is 5.91 Å². The Balaban J connectivity index is 1.60. The minimum Gasteiger partial charge on any atom is -0.496 e. The van der Waals surface area contributed by atoms with E-state index in [-0.39, 0.29) is 5.91 Å². The van der Waals surface area contributed by atoms with E-state index in [9.17, 15) is 4.79 Å². The molecule has 0 unspecified atom stereocenters. The number of hydrogen-bond donors (Lipinski definition) is 2. The summed E-state index contributed by atoms with van der Waals surface area (Å²) in [6.07, 6.45) is 2.98. The van der Waals surface area contributed by atoms with Gasteiger partial charge in [0.25, 0.3) is 0 Å². The van der Waals surface area contributed by atoms with Gasteiger partial charge in [-0.25, -0.2) is 0 Å². The van der Waals surface area contributed by atoms with E-state index in [0.29, 0.717) is 26.1 Å². The smallest absolute Gasteiger partial charge is 0.221 e. The standard InChI is InChI=1S/C18H23N3O2/c1-23-17-8-3-2-6-15(17)9-13-21-18(22)10-12-19-14-16-7-4-5-11-20-16/h2-8,11,19H,9-10,12-14H2,1H3,(H,21,22). The van der Waals surface area contributed by atoms with Gasteiger partial charge in [-0.1, -0.05) is 24.3 Å². The quantitative estimate of drug-likeness (QED) is 0.694. The molecular weight excluding hydrogens is 290 g/mol. The SMILES string of the molecule is COc1ccccc1CCNC(=O)CCNCc1ccccn1. The molecule has 1 heterocycles. The monoisotopic (exact) mass is 313 g/mol. The van der Waals surface area contributed by atoms with Crippen molar-refractivity contribution < 1.29 is 9.53 Å². The molecule has 0 saturated heterocycles. The molecule has 0 aliphatic carbocycles. The molecule has 0 saturated carbocycles. The third kappa shape index (κ3) is 6.08. The first kappa shape index (κ1) is 17.0. The topological polar surface area (TPSA) is 63.2 Å². The highest BCUT2D eigenvalue weighted by Gasteiger charge is 2.04. The van der Waals surface area contributed by atoms with Gasteiger partial charge in [0.1, 0.15) is 5.75 Å². The van der Waals surface area contributed by atoms with E-state index in [1.54, 1.807) is 13.3 Å². The van der Waals surface area contributed by atoms with E-state index in [1.165, 1.54) is 0 Å². The van der Waals surface area contributed by atoms with Gasteiger partial charge in [-0.3, -0.25) is 9.78 Å². The number of benzene rings is 1. The van der Waals surface area contributed by atoms with E-state index in [0.717, 1.165) is 23.4 Å². The number of hydrogen-bond acceptors (Lipinski definition) is 4. The van der Waals surface area contributed by atoms with Crippen molar-refractivity contribution in [3.63, 3.8) is 0 Å². The van der Waals surface area contributed by atoms with Crippen molar-refractivity contribution in [2.45, 2.75) is 19.4 Å². The lowest BCUT2D eigenvalue weighted by atomic mass is 10.1. The third-order valence-electron chi connectivity index (χ3n) is 3.47. The van der Waals surface area contributed by atoms with Gasteiger partial charge in [-0.05, 0) is 30.2 Å². The summed E-state index contributed by atoms with van der Waals surface area (Å²) in [7, 11) is 1.66. The number of para-hydroxylation sites is 1. The van der Waals surface area contributed by atoms with Crippen molar-refractivity contribution in [1.29, 1.82) is 0 Å². The molecule has 0 fully saturated rings. The molecule has 122 valence electrons. The largest absolute Gasteiger partial charge is 0.496 e. The third-order valence-corrected chi connectivity index (χ3v) is 3.47. The zero-order chi connectivity index (χ0) is 16.3. The van der Waals surface area contributed by atoms with Crippen LogP contribution in [0.1, 0.15) is 17.7 Å². The Morgan fingerprint density at radius 3 is 2.74 bits per heavy atom. The second kappa shape index (κ2) is 9.58. The van der Waals surface area contributed by atoms with Crippen LogP contribution in [-0.4, -0.2) is 31.1 Å². The molecule has 0 atom stereocenters. The van der Waals surface area contributed by atoms with Gasteiger partial charge in [0.15, 0.2) is 0 Å². The molecule has 0 bridgehead atoms. The van der Waals surface area contributed by atoms with Crippen molar-refractivity contribution in [2.75, 3.05) is 20.2 Å². The number of ether oxygens (including phenoxy) is 1. The number of rotatable bonds is 9. The highest BCUT2D eigenvalue weighted by atomic mass is 16.5. The van der Waals surface area contributed by atoms with Crippen molar-refractivity contribution in [3.8, 4) is 5.75 Å². The lowest BCUT2D eigenvalue weighted by Crippen LogP contribution is -2.29. The Hall–Kier alpha value is -2.40. The molecule has 23 heavy (non-hydrogen) atoms. The minimum atomic E-state index is 0.0495. The molecule has 0 radical (unpaired) electrons. The number of carbonyl (C=O) groups excluding carboxylic acids is 1. The first-order valence-electron chi connectivity index (χ1n) is 7.79. The number of pyridine rings is 1. The van der Waals surface area contributed by atoms with Gasteiger partial charge in [0, 0.05) is 32.3 Å². The Labute approximate surface area is 137 Å². The lowest BCUT2D eigenvalue weighted by molar-refractivity contribution is -0.120. The molecule has 1 amide bonds. The summed E-state index contributed by atoms with van der Waals surface area (Å²) in [6.45, 7) is 1.92. The fraction of sp³-hybridized carbons (Fsp3) is 0.333. The summed E-state index contributed by atoms with van der Waals surface area (Å²) in [5.74, 6) is 0.909. The fourth-order valence-corrected chi connectivity index (χ4v) is 2.26. The number of nitrogens with one attached hydrogen (secondary N) is 2. The summed E-state index contributed by atoms with van der Waals surface area (Å²) in [5, 5.41) is 6.15. The first-order chi connectivity index (χ1) is 11.3. The number of methoxy groups -OCH3 is 1. The maximum Gasteiger partial charge on any atom is 0.221 e. The van der Waals surface area contributed by atoms with Crippen LogP contribution < -0.4 is 15.4 Å². The zero-order valence-electron chi connectivity index (χ0n) is 13.4. The van der Waals surface area contributed by atoms with Crippen LogP contribution >= 0.6 is 0 Å². The number of carbonyl (C=O) groups is 1. The highest BCUT2D eigenvalue weighted by molar-refractivity contribution is 5.76. The summed E-state index contributed by atoms with van der Waals surface area (Å²) in [6, 6.07) is 13.7. The predicted octanol–water partition coefficient (Wildman–Crippen LogP) is 1.93. The normalized spacial score (nSPS) is 10.3. The van der Waals surface area contributed by atoms with Crippen LogP contribution in [0, 0.1) is 0 Å². The van der Waals surface area contributed by atoms with Crippen LogP contribution in [0.2, 0.25) is 0 Å². The molecule has 5 heteroatoms. The van der Waals surface area contributed by atoms with Crippen molar-refractivity contribution in [3.05, 3.63) is 59.9 Å². The zero-order valence-corrected chi connectivity index (χ0v) is 13.4. The van der Waals surface area contributed by atoms with E-state index in [1.807, 2.05) is 42.5 Å². The van der Waals surface area contributed by atoms with Crippen LogP contribution in [0.5, 0.6) is 5.75 Å². The van der Waals surface area contributed by atoms with Crippen LogP contribution in [0.15, 0.2) is 48.7 Å². The summed E-state index contributed by atoms with van der Waals surface area (Å²) in [4.78, 5) is 16.0. The predicted molar refractivity (Wildman–Crippen MR) is 90.3 cm³/mol. The van der Waals surface area contributed by atoms with Crippen molar-refractivity contribution in [1.82, 2.24) is 15.6 Å². The van der Waals surface area contributed by atoms with Crippen molar-refractivity contribution in [2.24, 2.45) is 0 Å². The fourth-order valence-electron chi connectivity index (χ4n) is 2.26. The van der Waals surface area contributed by atoms with Gasteiger partial charge < -0.3 is 15.4 Å². The van der Waals surface area contributed by atoms with E-state index in [2.05, 4.69) is 15.6 Å². The van der Waals surface area contributed by atoms with E-state index >= 15 is 0 Å². The van der Waals surface area contributed by atoms with Gasteiger partial charge in [-0.15, -0.1) is 0 Å². The molecule has 0 spiro atoms. The van der Waals surface area contributed by atoms with Crippen LogP contribution in [0.25, 0.3) is 0 Å². The Morgan fingerprint density at radius 1 is 1.13 bits per heavy atom. The molecule has 0 aliphatic heterocycles. The Morgan fingerprint density at radius 2 is 1.96 bits per heavy atom. The first-order valence-corrected chi connectivity index (χ1v) is 7.79.